The van der Waals surface area contributed by atoms with Gasteiger partial charge in [0.05, 0.1) is 0 Å². The van der Waals surface area contributed by atoms with Crippen LogP contribution in [0.25, 0.3) is 0 Å². The molecule has 0 bridgehead atoms. The van der Waals surface area contributed by atoms with Gasteiger partial charge in [-0.1, -0.05) is 44.1 Å². The van der Waals surface area contributed by atoms with Crippen LogP contribution in [0.5, 0.6) is 0 Å². The highest BCUT2D eigenvalue weighted by Crippen LogP contribution is 2.27. The van der Waals surface area contributed by atoms with E-state index < -0.39 is 0 Å². The largest absolute Gasteiger partial charge is 0.356 e. The normalized spacial score (nSPS) is 14.2. The number of para-hydroxylation sites is 1. The van der Waals surface area contributed by atoms with Crippen molar-refractivity contribution in [3.8, 4) is 0 Å². The second kappa shape index (κ2) is 8.16. The molecule has 2 aromatic rings. The molecule has 0 fully saturated rings. The van der Waals surface area contributed by atoms with E-state index in [0.29, 0.717) is 18.3 Å². The van der Waals surface area contributed by atoms with Gasteiger partial charge in [-0.2, -0.15) is 4.98 Å². The Labute approximate surface area is 166 Å². The van der Waals surface area contributed by atoms with E-state index in [4.69, 9.17) is 9.52 Å². The minimum absolute atomic E-state index is 0. The molecule has 0 aliphatic carbocycles. The Hall–Kier alpha value is -1.64. The van der Waals surface area contributed by atoms with Gasteiger partial charge in [0.15, 0.2) is 11.8 Å². The highest BCUT2D eigenvalue weighted by atomic mass is 127. The molecule has 1 aromatic heterocycles. The van der Waals surface area contributed by atoms with Crippen molar-refractivity contribution in [2.45, 2.75) is 46.1 Å². The van der Waals surface area contributed by atoms with Gasteiger partial charge in [0.2, 0.25) is 5.89 Å². The molecular formula is C18H26IN5O. The SMILES string of the molecule is CCNC(=NCc1noc(C(C)(C)C)n1)N1CCc2ccccc21.I. The molecule has 0 saturated carbocycles. The summed E-state index contributed by atoms with van der Waals surface area (Å²) in [6.45, 7) is 10.4. The summed E-state index contributed by atoms with van der Waals surface area (Å²) in [5.41, 5.74) is 2.44. The fourth-order valence-electron chi connectivity index (χ4n) is 2.72. The Bertz CT molecular complexity index is 735. The molecule has 0 saturated heterocycles. The molecule has 0 atom stereocenters. The van der Waals surface area contributed by atoms with E-state index in [0.717, 1.165) is 25.5 Å². The Morgan fingerprint density at radius 3 is 2.76 bits per heavy atom. The zero-order valence-corrected chi connectivity index (χ0v) is 17.6. The Balaban J connectivity index is 0.00000225. The monoisotopic (exact) mass is 455 g/mol. The average molecular weight is 455 g/mol. The van der Waals surface area contributed by atoms with E-state index in [2.05, 4.69) is 72.3 Å². The average Bonchev–Trinajstić information content (AvgIpc) is 3.18. The van der Waals surface area contributed by atoms with Crippen LogP contribution in [0.2, 0.25) is 0 Å². The van der Waals surface area contributed by atoms with E-state index in [1.165, 1.54) is 11.3 Å². The minimum Gasteiger partial charge on any atom is -0.356 e. The van der Waals surface area contributed by atoms with Crippen LogP contribution in [0.3, 0.4) is 0 Å². The first-order valence-electron chi connectivity index (χ1n) is 8.46. The van der Waals surface area contributed by atoms with Crippen LogP contribution in [-0.4, -0.2) is 29.2 Å². The zero-order valence-electron chi connectivity index (χ0n) is 15.2. The maximum Gasteiger partial charge on any atom is 0.232 e. The maximum atomic E-state index is 5.34. The molecule has 136 valence electrons. The summed E-state index contributed by atoms with van der Waals surface area (Å²) in [4.78, 5) is 11.4. The number of rotatable bonds is 3. The molecule has 6 nitrogen and oxygen atoms in total. The number of benzene rings is 1. The van der Waals surface area contributed by atoms with Crippen molar-refractivity contribution in [2.75, 3.05) is 18.0 Å². The lowest BCUT2D eigenvalue weighted by Crippen LogP contribution is -2.40. The first-order chi connectivity index (χ1) is 11.5. The highest BCUT2D eigenvalue weighted by molar-refractivity contribution is 14.0. The van der Waals surface area contributed by atoms with Gasteiger partial charge in [0, 0.05) is 24.2 Å². The van der Waals surface area contributed by atoms with Crippen LogP contribution in [0.15, 0.2) is 33.8 Å². The molecule has 1 N–H and O–H groups in total. The molecule has 25 heavy (non-hydrogen) atoms. The molecule has 0 amide bonds. The third-order valence-corrected chi connectivity index (χ3v) is 3.96. The fraction of sp³-hybridized carbons (Fsp3) is 0.500. The predicted molar refractivity (Wildman–Crippen MR) is 111 cm³/mol. The third kappa shape index (κ3) is 4.50. The van der Waals surface area contributed by atoms with Gasteiger partial charge in [-0.15, -0.1) is 24.0 Å². The lowest BCUT2D eigenvalue weighted by Gasteiger charge is -2.22. The number of aromatic nitrogens is 2. The van der Waals surface area contributed by atoms with Crippen LogP contribution >= 0.6 is 24.0 Å². The smallest absolute Gasteiger partial charge is 0.232 e. The van der Waals surface area contributed by atoms with Crippen molar-refractivity contribution in [1.82, 2.24) is 15.5 Å². The predicted octanol–water partition coefficient (Wildman–Crippen LogP) is 3.51. The van der Waals surface area contributed by atoms with E-state index >= 15 is 0 Å². The quantitative estimate of drug-likeness (QED) is 0.436. The number of aliphatic imine (C=N–C) groups is 1. The van der Waals surface area contributed by atoms with Crippen LogP contribution in [0.1, 0.15) is 45.0 Å². The molecular weight excluding hydrogens is 429 g/mol. The van der Waals surface area contributed by atoms with E-state index in [1.54, 1.807) is 0 Å². The number of guanidine groups is 1. The molecule has 0 radical (unpaired) electrons. The van der Waals surface area contributed by atoms with Gasteiger partial charge in [-0.3, -0.25) is 0 Å². The van der Waals surface area contributed by atoms with Crippen molar-refractivity contribution in [3.05, 3.63) is 41.5 Å². The first kappa shape index (κ1) is 19.7. The molecule has 2 heterocycles. The zero-order chi connectivity index (χ0) is 17.2. The van der Waals surface area contributed by atoms with E-state index in [-0.39, 0.29) is 29.4 Å². The van der Waals surface area contributed by atoms with Crippen LogP contribution < -0.4 is 10.2 Å². The number of hydrogen-bond acceptors (Lipinski definition) is 4. The van der Waals surface area contributed by atoms with Crippen molar-refractivity contribution in [3.63, 3.8) is 0 Å². The van der Waals surface area contributed by atoms with Crippen molar-refractivity contribution in [1.29, 1.82) is 0 Å². The lowest BCUT2D eigenvalue weighted by molar-refractivity contribution is 0.318. The summed E-state index contributed by atoms with van der Waals surface area (Å²) in [5.74, 6) is 2.12. The maximum absolute atomic E-state index is 5.34. The molecule has 0 unspecified atom stereocenters. The number of fused-ring (bicyclic) bond motifs is 1. The van der Waals surface area contributed by atoms with Crippen molar-refractivity contribution in [2.24, 2.45) is 4.99 Å². The van der Waals surface area contributed by atoms with Crippen LogP contribution in [0, 0.1) is 0 Å². The van der Waals surface area contributed by atoms with Crippen LogP contribution in [-0.2, 0) is 18.4 Å². The number of hydrogen-bond donors (Lipinski definition) is 1. The third-order valence-electron chi connectivity index (χ3n) is 3.96. The molecule has 1 aliphatic rings. The Kier molecular flexibility index (Phi) is 6.42. The molecule has 3 rings (SSSR count). The number of anilines is 1. The fourth-order valence-corrected chi connectivity index (χ4v) is 2.72. The Morgan fingerprint density at radius 2 is 2.08 bits per heavy atom. The second-order valence-electron chi connectivity index (χ2n) is 6.97. The van der Waals surface area contributed by atoms with Crippen molar-refractivity contribution >= 4 is 35.6 Å². The number of halogens is 1. The number of nitrogens with zero attached hydrogens (tertiary/aromatic N) is 4. The highest BCUT2D eigenvalue weighted by Gasteiger charge is 2.24. The summed E-state index contributed by atoms with van der Waals surface area (Å²) < 4.78 is 5.34. The minimum atomic E-state index is -0.145. The topological polar surface area (TPSA) is 66.5 Å². The molecule has 1 aromatic carbocycles. The van der Waals surface area contributed by atoms with Gasteiger partial charge >= 0.3 is 0 Å². The summed E-state index contributed by atoms with van der Waals surface area (Å²) in [5, 5.41) is 7.41. The Morgan fingerprint density at radius 1 is 1.32 bits per heavy atom. The first-order valence-corrected chi connectivity index (χ1v) is 8.46. The summed E-state index contributed by atoms with van der Waals surface area (Å²) in [6.07, 6.45) is 1.04. The summed E-state index contributed by atoms with van der Waals surface area (Å²) in [6, 6.07) is 8.46. The lowest BCUT2D eigenvalue weighted by atomic mass is 9.97. The van der Waals surface area contributed by atoms with Crippen LogP contribution in [0.4, 0.5) is 5.69 Å². The van der Waals surface area contributed by atoms with E-state index in [9.17, 15) is 0 Å². The van der Waals surface area contributed by atoms with Gasteiger partial charge in [-0.05, 0) is 25.0 Å². The van der Waals surface area contributed by atoms with Gasteiger partial charge < -0.3 is 14.7 Å². The van der Waals surface area contributed by atoms with Gasteiger partial charge in [0.1, 0.15) is 6.54 Å². The summed E-state index contributed by atoms with van der Waals surface area (Å²) >= 11 is 0. The number of nitrogens with one attached hydrogen (secondary N) is 1. The standard InChI is InChI=1S/C18H25N5O.HI/c1-5-19-17(23-11-10-13-8-6-7-9-14(13)23)20-12-15-21-16(24-22-15)18(2,3)4;/h6-9H,5,10-12H2,1-4H3,(H,19,20);1H. The van der Waals surface area contributed by atoms with E-state index in [1.807, 2.05) is 0 Å². The molecule has 1 aliphatic heterocycles. The van der Waals surface area contributed by atoms with Gasteiger partial charge in [-0.25, -0.2) is 4.99 Å². The molecule has 7 heteroatoms. The van der Waals surface area contributed by atoms with Gasteiger partial charge in [0.25, 0.3) is 0 Å². The van der Waals surface area contributed by atoms with Crippen molar-refractivity contribution < 1.29 is 4.52 Å². The molecule has 0 spiro atoms. The second-order valence-corrected chi connectivity index (χ2v) is 6.97. The summed E-state index contributed by atoms with van der Waals surface area (Å²) in [7, 11) is 0.